The van der Waals surface area contributed by atoms with E-state index in [1.165, 1.54) is 11.3 Å². The average molecular weight is 375 g/mol. The molecule has 1 unspecified atom stereocenters. The first-order chi connectivity index (χ1) is 12.5. The summed E-state index contributed by atoms with van der Waals surface area (Å²) in [5, 5.41) is 18.6. The number of hydrogen-bond donors (Lipinski definition) is 2. The minimum atomic E-state index is -0.936. The third-order valence-electron chi connectivity index (χ3n) is 4.41. The number of aromatic carboxylic acids is 1. The van der Waals surface area contributed by atoms with Crippen molar-refractivity contribution in [3.8, 4) is 0 Å². The fourth-order valence-corrected chi connectivity index (χ4v) is 3.82. The highest BCUT2D eigenvalue weighted by atomic mass is 32.1. The molecule has 3 rings (SSSR count). The Bertz CT molecular complexity index is 783. The van der Waals surface area contributed by atoms with Crippen LogP contribution in [0, 0.1) is 0 Å². The second-order valence-corrected chi connectivity index (χ2v) is 7.48. The van der Waals surface area contributed by atoms with Gasteiger partial charge < -0.3 is 19.8 Å². The average Bonchev–Trinajstić information content (AvgIpc) is 3.22. The first-order valence-corrected chi connectivity index (χ1v) is 9.27. The predicted octanol–water partition coefficient (Wildman–Crippen LogP) is 3.21. The van der Waals surface area contributed by atoms with Gasteiger partial charge in [-0.25, -0.2) is 4.79 Å². The van der Waals surface area contributed by atoms with Gasteiger partial charge in [-0.2, -0.15) is 0 Å². The minimum absolute atomic E-state index is 0.0428. The molecule has 2 aromatic rings. The molecule has 1 aliphatic heterocycles. The highest BCUT2D eigenvalue weighted by Crippen LogP contribution is 2.28. The van der Waals surface area contributed by atoms with E-state index in [4.69, 9.17) is 9.84 Å². The van der Waals surface area contributed by atoms with Crippen LogP contribution in [0.3, 0.4) is 0 Å². The second-order valence-electron chi connectivity index (χ2n) is 6.31. The molecule has 2 heterocycles. The summed E-state index contributed by atoms with van der Waals surface area (Å²) >= 11 is 1.20. The van der Waals surface area contributed by atoms with Crippen LogP contribution in [0.4, 0.5) is 5.69 Å². The van der Waals surface area contributed by atoms with Gasteiger partial charge >= 0.3 is 5.97 Å². The zero-order chi connectivity index (χ0) is 18.7. The summed E-state index contributed by atoms with van der Waals surface area (Å²) in [6.07, 6.45) is 0.662. The van der Waals surface area contributed by atoms with E-state index in [1.54, 1.807) is 24.0 Å². The lowest BCUT2D eigenvalue weighted by molar-refractivity contribution is -0.117. The van der Waals surface area contributed by atoms with E-state index in [0.717, 1.165) is 22.5 Å². The number of carbonyl (C=O) groups is 2. The van der Waals surface area contributed by atoms with E-state index < -0.39 is 12.1 Å². The number of hydrogen-bond acceptors (Lipinski definition) is 5. The van der Waals surface area contributed by atoms with E-state index in [0.29, 0.717) is 24.5 Å². The lowest BCUT2D eigenvalue weighted by Crippen LogP contribution is -2.36. The molecule has 6 nitrogen and oxygen atoms in total. The van der Waals surface area contributed by atoms with Crippen molar-refractivity contribution in [1.29, 1.82) is 0 Å². The van der Waals surface area contributed by atoms with Crippen molar-refractivity contribution >= 4 is 28.9 Å². The Morgan fingerprint density at radius 3 is 2.65 bits per heavy atom. The fraction of sp³-hybridized carbons (Fsp3) is 0.368. The Labute approximate surface area is 155 Å². The Hall–Kier alpha value is -2.22. The van der Waals surface area contributed by atoms with Crippen LogP contribution in [0.5, 0.6) is 0 Å². The fourth-order valence-electron chi connectivity index (χ4n) is 3.04. The molecule has 26 heavy (non-hydrogen) atoms. The lowest BCUT2D eigenvalue weighted by Gasteiger charge is -2.25. The van der Waals surface area contributed by atoms with Crippen LogP contribution in [0.1, 0.15) is 46.0 Å². The van der Waals surface area contributed by atoms with Gasteiger partial charge in [0.05, 0.1) is 25.4 Å². The normalized spacial score (nSPS) is 18.3. The number of anilines is 1. The molecule has 1 aromatic heterocycles. The van der Waals surface area contributed by atoms with Crippen molar-refractivity contribution in [2.75, 3.05) is 11.5 Å². The minimum Gasteiger partial charge on any atom is -0.477 e. The lowest BCUT2D eigenvalue weighted by atomic mass is 10.1. The second kappa shape index (κ2) is 7.99. The molecule has 1 saturated heterocycles. The molecule has 1 aromatic carbocycles. The van der Waals surface area contributed by atoms with Gasteiger partial charge in [-0.1, -0.05) is 12.1 Å². The van der Waals surface area contributed by atoms with Crippen molar-refractivity contribution in [2.45, 2.75) is 38.5 Å². The van der Waals surface area contributed by atoms with E-state index in [9.17, 15) is 14.7 Å². The summed E-state index contributed by atoms with van der Waals surface area (Å²) in [6, 6.07) is 10.6. The van der Waals surface area contributed by atoms with Crippen molar-refractivity contribution in [2.24, 2.45) is 0 Å². The maximum atomic E-state index is 12.3. The van der Waals surface area contributed by atoms with Gasteiger partial charge in [0.1, 0.15) is 4.88 Å². The van der Waals surface area contributed by atoms with Crippen molar-refractivity contribution in [3.63, 3.8) is 0 Å². The van der Waals surface area contributed by atoms with Gasteiger partial charge in [-0.3, -0.25) is 4.79 Å². The molecule has 0 saturated carbocycles. The van der Waals surface area contributed by atoms with Crippen LogP contribution in [-0.2, 0) is 16.1 Å². The maximum absolute atomic E-state index is 12.3. The van der Waals surface area contributed by atoms with Crippen LogP contribution in [0.2, 0.25) is 0 Å². The molecule has 2 atom stereocenters. The molecular formula is C19H21NO5S. The highest BCUT2D eigenvalue weighted by molar-refractivity contribution is 7.13. The van der Waals surface area contributed by atoms with Crippen molar-refractivity contribution in [3.05, 3.63) is 51.7 Å². The molecule has 0 spiro atoms. The molecule has 0 radical (unpaired) electrons. The van der Waals surface area contributed by atoms with Gasteiger partial charge in [-0.15, -0.1) is 11.3 Å². The summed E-state index contributed by atoms with van der Waals surface area (Å²) in [5.74, 6) is -0.873. The number of benzene rings is 1. The smallest absolute Gasteiger partial charge is 0.345 e. The third-order valence-corrected chi connectivity index (χ3v) is 5.45. The van der Waals surface area contributed by atoms with Gasteiger partial charge in [0.15, 0.2) is 0 Å². The Morgan fingerprint density at radius 2 is 2.04 bits per heavy atom. The summed E-state index contributed by atoms with van der Waals surface area (Å²) in [4.78, 5) is 26.1. The zero-order valence-electron chi connectivity index (χ0n) is 14.4. The quantitative estimate of drug-likeness (QED) is 0.776. The Morgan fingerprint density at radius 1 is 1.31 bits per heavy atom. The Balaban J connectivity index is 1.61. The van der Waals surface area contributed by atoms with Crippen LogP contribution in [0.25, 0.3) is 0 Å². The summed E-state index contributed by atoms with van der Waals surface area (Å²) in [5.41, 5.74) is 1.61. The van der Waals surface area contributed by atoms with Crippen LogP contribution in [-0.4, -0.2) is 34.7 Å². The number of rotatable bonds is 7. The zero-order valence-corrected chi connectivity index (χ0v) is 15.2. The number of aliphatic hydroxyl groups excluding tert-OH is 1. The largest absolute Gasteiger partial charge is 0.477 e. The van der Waals surface area contributed by atoms with Gasteiger partial charge in [0.2, 0.25) is 5.91 Å². The molecule has 1 amide bonds. The van der Waals surface area contributed by atoms with Gasteiger partial charge in [0.25, 0.3) is 0 Å². The molecule has 0 bridgehead atoms. The van der Waals surface area contributed by atoms with E-state index in [2.05, 4.69) is 0 Å². The van der Waals surface area contributed by atoms with E-state index >= 15 is 0 Å². The molecule has 138 valence electrons. The number of carbonyl (C=O) groups excluding carboxylic acids is 1. The molecule has 0 aliphatic carbocycles. The topological polar surface area (TPSA) is 87.1 Å². The summed E-state index contributed by atoms with van der Waals surface area (Å²) in [6.45, 7) is 2.43. The van der Waals surface area contributed by atoms with Crippen LogP contribution >= 0.6 is 11.3 Å². The standard InChI is InChI=1S/C19H21NO5S/c1-12(21)13-2-4-14(5-3-13)20-15(6-9-18(20)22)10-25-11-16-7-8-17(26-16)19(23)24/h2-5,7-8,12,15,21H,6,9-11H2,1H3,(H,23,24)/t12-,15?/m0/s1. The number of carboxylic acid groups (broad SMARTS) is 1. The van der Waals surface area contributed by atoms with E-state index in [1.807, 2.05) is 24.3 Å². The number of thiophene rings is 1. The number of aliphatic hydroxyl groups is 1. The third kappa shape index (κ3) is 4.12. The van der Waals surface area contributed by atoms with Crippen molar-refractivity contribution < 1.29 is 24.5 Å². The van der Waals surface area contributed by atoms with Crippen molar-refractivity contribution in [1.82, 2.24) is 0 Å². The molecule has 1 fully saturated rings. The Kier molecular flexibility index (Phi) is 5.70. The molecule has 1 aliphatic rings. The SMILES string of the molecule is C[C@H](O)c1ccc(N2C(=O)CCC2COCc2ccc(C(=O)O)s2)cc1. The van der Waals surface area contributed by atoms with E-state index in [-0.39, 0.29) is 11.9 Å². The van der Waals surface area contributed by atoms with Gasteiger partial charge in [-0.05, 0) is 43.2 Å². The summed E-state index contributed by atoms with van der Waals surface area (Å²) in [7, 11) is 0. The highest BCUT2D eigenvalue weighted by Gasteiger charge is 2.32. The monoisotopic (exact) mass is 375 g/mol. The first kappa shape index (κ1) is 18.6. The summed E-state index contributed by atoms with van der Waals surface area (Å²) < 4.78 is 5.74. The van der Waals surface area contributed by atoms with Gasteiger partial charge in [0, 0.05) is 17.0 Å². The predicted molar refractivity (Wildman–Crippen MR) is 98.5 cm³/mol. The van der Waals surface area contributed by atoms with Crippen LogP contribution in [0.15, 0.2) is 36.4 Å². The molecular weight excluding hydrogens is 354 g/mol. The molecule has 7 heteroatoms. The number of carboxylic acids is 1. The maximum Gasteiger partial charge on any atom is 0.345 e. The number of amides is 1. The number of ether oxygens (including phenoxy) is 1. The molecule has 2 N–H and O–H groups in total. The number of nitrogens with zero attached hydrogens (tertiary/aromatic N) is 1. The first-order valence-electron chi connectivity index (χ1n) is 8.45. The van der Waals surface area contributed by atoms with Crippen LogP contribution < -0.4 is 4.90 Å².